The lowest BCUT2D eigenvalue weighted by atomic mass is 9.84. The topological polar surface area (TPSA) is 21.3 Å². The van der Waals surface area contributed by atoms with E-state index in [-0.39, 0.29) is 0 Å². The van der Waals surface area contributed by atoms with Gasteiger partial charge in [0.05, 0.1) is 7.11 Å². The predicted molar refractivity (Wildman–Crippen MR) is 87.7 cm³/mol. The van der Waals surface area contributed by atoms with Gasteiger partial charge in [0.1, 0.15) is 5.75 Å². The van der Waals surface area contributed by atoms with Crippen LogP contribution in [0.2, 0.25) is 0 Å². The van der Waals surface area contributed by atoms with Crippen molar-refractivity contribution in [3.63, 3.8) is 0 Å². The van der Waals surface area contributed by atoms with Gasteiger partial charge in [-0.1, -0.05) is 20.3 Å². The van der Waals surface area contributed by atoms with E-state index in [1.807, 2.05) is 11.8 Å². The van der Waals surface area contributed by atoms with Crippen molar-refractivity contribution in [1.29, 1.82) is 0 Å². The molecule has 1 aliphatic carbocycles. The Morgan fingerprint density at radius 3 is 2.55 bits per heavy atom. The Hall–Kier alpha value is -0.670. The number of rotatable bonds is 6. The van der Waals surface area contributed by atoms with Crippen molar-refractivity contribution in [2.45, 2.75) is 55.7 Å². The van der Waals surface area contributed by atoms with E-state index in [4.69, 9.17) is 4.74 Å². The van der Waals surface area contributed by atoms with Crippen molar-refractivity contribution in [2.24, 2.45) is 5.92 Å². The van der Waals surface area contributed by atoms with Gasteiger partial charge in [0.25, 0.3) is 0 Å². The summed E-state index contributed by atoms with van der Waals surface area (Å²) in [7, 11) is 1.72. The molecule has 3 heteroatoms. The number of methoxy groups -OCH3 is 1. The molecule has 0 radical (unpaired) electrons. The molecule has 0 aromatic heterocycles. The van der Waals surface area contributed by atoms with Gasteiger partial charge >= 0.3 is 0 Å². The van der Waals surface area contributed by atoms with Gasteiger partial charge in [-0.2, -0.15) is 0 Å². The van der Waals surface area contributed by atoms with Crippen LogP contribution in [0.4, 0.5) is 0 Å². The monoisotopic (exact) mass is 293 g/mol. The zero-order valence-electron chi connectivity index (χ0n) is 12.9. The molecule has 0 bridgehead atoms. The summed E-state index contributed by atoms with van der Waals surface area (Å²) in [5.41, 5.74) is 0. The van der Waals surface area contributed by atoms with E-state index in [9.17, 15) is 0 Å². The van der Waals surface area contributed by atoms with E-state index in [1.165, 1.54) is 30.6 Å². The van der Waals surface area contributed by atoms with Gasteiger partial charge in [0.2, 0.25) is 0 Å². The Kier molecular flexibility index (Phi) is 6.24. The molecule has 20 heavy (non-hydrogen) atoms. The molecule has 1 saturated carbocycles. The zero-order chi connectivity index (χ0) is 14.4. The first-order valence-corrected chi connectivity index (χ1v) is 8.68. The highest BCUT2D eigenvalue weighted by molar-refractivity contribution is 8.00. The van der Waals surface area contributed by atoms with E-state index < -0.39 is 0 Å². The van der Waals surface area contributed by atoms with Crippen LogP contribution in [0.1, 0.15) is 39.5 Å². The van der Waals surface area contributed by atoms with Crippen molar-refractivity contribution in [3.05, 3.63) is 24.3 Å². The number of hydrogen-bond acceptors (Lipinski definition) is 3. The molecule has 0 aliphatic heterocycles. The van der Waals surface area contributed by atoms with Crippen LogP contribution in [0.5, 0.6) is 5.75 Å². The van der Waals surface area contributed by atoms with Crippen LogP contribution in [-0.4, -0.2) is 24.9 Å². The summed E-state index contributed by atoms with van der Waals surface area (Å²) in [6.07, 6.45) is 5.36. The Balaban J connectivity index is 2.01. The fraction of sp³-hybridized carbons (Fsp3) is 0.647. The SMILES string of the molecule is CCNC1CCC(CC)CC1Sc1ccc(OC)cc1. The Morgan fingerprint density at radius 1 is 1.20 bits per heavy atom. The van der Waals surface area contributed by atoms with Crippen LogP contribution in [0, 0.1) is 5.92 Å². The van der Waals surface area contributed by atoms with Crippen molar-refractivity contribution in [1.82, 2.24) is 5.32 Å². The van der Waals surface area contributed by atoms with Gasteiger partial charge in [-0.25, -0.2) is 0 Å². The van der Waals surface area contributed by atoms with Gasteiger partial charge in [0.15, 0.2) is 0 Å². The van der Waals surface area contributed by atoms with Crippen LogP contribution in [-0.2, 0) is 0 Å². The standard InChI is InChI=1S/C17H27NOS/c1-4-13-6-11-16(18-5-2)17(12-13)20-15-9-7-14(19-3)8-10-15/h7-10,13,16-18H,4-6,11-12H2,1-3H3. The second-order valence-electron chi connectivity index (χ2n) is 5.58. The second kappa shape index (κ2) is 7.94. The summed E-state index contributed by atoms with van der Waals surface area (Å²) < 4.78 is 5.23. The minimum absolute atomic E-state index is 0.662. The van der Waals surface area contributed by atoms with E-state index >= 15 is 0 Å². The molecule has 0 saturated heterocycles. The summed E-state index contributed by atoms with van der Waals surface area (Å²) in [6, 6.07) is 9.15. The summed E-state index contributed by atoms with van der Waals surface area (Å²) in [6.45, 7) is 5.61. The third-order valence-corrected chi connectivity index (χ3v) is 5.66. The van der Waals surface area contributed by atoms with Crippen LogP contribution in [0.15, 0.2) is 29.2 Å². The van der Waals surface area contributed by atoms with Crippen LogP contribution in [0.25, 0.3) is 0 Å². The quantitative estimate of drug-likeness (QED) is 0.843. The molecule has 1 aliphatic rings. The first-order chi connectivity index (χ1) is 9.76. The molecular formula is C17H27NOS. The Bertz CT molecular complexity index is 392. The van der Waals surface area contributed by atoms with Gasteiger partial charge in [-0.05, 0) is 56.0 Å². The number of thioether (sulfide) groups is 1. The zero-order valence-corrected chi connectivity index (χ0v) is 13.7. The number of benzene rings is 1. The van der Waals surface area contributed by atoms with E-state index in [0.29, 0.717) is 11.3 Å². The molecule has 1 fully saturated rings. The molecule has 1 aromatic carbocycles. The van der Waals surface area contributed by atoms with E-state index in [0.717, 1.165) is 18.2 Å². The summed E-state index contributed by atoms with van der Waals surface area (Å²) in [5.74, 6) is 1.84. The minimum atomic E-state index is 0.662. The van der Waals surface area contributed by atoms with Crippen molar-refractivity contribution >= 4 is 11.8 Å². The van der Waals surface area contributed by atoms with Gasteiger partial charge in [0, 0.05) is 16.2 Å². The molecule has 2 nitrogen and oxygen atoms in total. The molecule has 112 valence electrons. The fourth-order valence-corrected chi connectivity index (χ4v) is 4.45. The van der Waals surface area contributed by atoms with Crippen LogP contribution < -0.4 is 10.1 Å². The van der Waals surface area contributed by atoms with Crippen molar-refractivity contribution in [3.8, 4) is 5.75 Å². The molecule has 1 aromatic rings. The lowest BCUT2D eigenvalue weighted by molar-refractivity contribution is 0.298. The number of ether oxygens (including phenoxy) is 1. The van der Waals surface area contributed by atoms with E-state index in [1.54, 1.807) is 7.11 Å². The highest BCUT2D eigenvalue weighted by Crippen LogP contribution is 2.38. The third-order valence-electron chi connectivity index (χ3n) is 4.29. The smallest absolute Gasteiger partial charge is 0.118 e. The molecule has 3 atom stereocenters. The minimum Gasteiger partial charge on any atom is -0.497 e. The van der Waals surface area contributed by atoms with Gasteiger partial charge in [-0.3, -0.25) is 0 Å². The van der Waals surface area contributed by atoms with Crippen molar-refractivity contribution < 1.29 is 4.74 Å². The Labute approximate surface area is 127 Å². The second-order valence-corrected chi connectivity index (χ2v) is 6.90. The lowest BCUT2D eigenvalue weighted by Gasteiger charge is -2.36. The summed E-state index contributed by atoms with van der Waals surface area (Å²) >= 11 is 2.03. The molecule has 1 N–H and O–H groups in total. The molecule has 0 spiro atoms. The number of nitrogens with one attached hydrogen (secondary N) is 1. The van der Waals surface area contributed by atoms with E-state index in [2.05, 4.69) is 43.4 Å². The number of hydrogen-bond donors (Lipinski definition) is 1. The predicted octanol–water partition coefficient (Wildman–Crippen LogP) is 4.34. The summed E-state index contributed by atoms with van der Waals surface area (Å²) in [4.78, 5) is 1.36. The first-order valence-electron chi connectivity index (χ1n) is 7.80. The van der Waals surface area contributed by atoms with Gasteiger partial charge in [-0.15, -0.1) is 11.8 Å². The Morgan fingerprint density at radius 2 is 1.95 bits per heavy atom. The maximum absolute atomic E-state index is 5.23. The molecule has 2 rings (SSSR count). The highest BCUT2D eigenvalue weighted by Gasteiger charge is 2.29. The van der Waals surface area contributed by atoms with Crippen LogP contribution >= 0.6 is 11.8 Å². The lowest BCUT2D eigenvalue weighted by Crippen LogP contribution is -2.42. The maximum Gasteiger partial charge on any atom is 0.118 e. The molecule has 3 unspecified atom stereocenters. The third kappa shape index (κ3) is 4.16. The molecule has 0 amide bonds. The fourth-order valence-electron chi connectivity index (χ4n) is 3.04. The average Bonchev–Trinajstić information content (AvgIpc) is 2.50. The molecular weight excluding hydrogens is 266 g/mol. The average molecular weight is 293 g/mol. The summed E-state index contributed by atoms with van der Waals surface area (Å²) in [5, 5.41) is 4.37. The highest BCUT2D eigenvalue weighted by atomic mass is 32.2. The molecule has 0 heterocycles. The first kappa shape index (κ1) is 15.7. The maximum atomic E-state index is 5.23. The van der Waals surface area contributed by atoms with Crippen LogP contribution in [0.3, 0.4) is 0 Å². The normalized spacial score (nSPS) is 26.4. The van der Waals surface area contributed by atoms with Crippen molar-refractivity contribution in [2.75, 3.05) is 13.7 Å². The van der Waals surface area contributed by atoms with Gasteiger partial charge < -0.3 is 10.1 Å². The largest absolute Gasteiger partial charge is 0.497 e.